The van der Waals surface area contributed by atoms with Crippen LogP contribution in [-0.4, -0.2) is 43.5 Å². The van der Waals surface area contributed by atoms with Crippen LogP contribution in [0.4, 0.5) is 0 Å². The summed E-state index contributed by atoms with van der Waals surface area (Å²) in [5, 5.41) is 2.72. The molecule has 0 fully saturated rings. The third-order valence-electron chi connectivity index (χ3n) is 5.54. The fraction of sp³-hybridized carbons (Fsp3) is 0.259. The molecule has 0 aliphatic heterocycles. The molecule has 3 aromatic rings. The fourth-order valence-corrected chi connectivity index (χ4v) is 3.59. The summed E-state index contributed by atoms with van der Waals surface area (Å²) in [6.45, 7) is 2.13. The molecular formula is C27H30N2O4. The molecule has 1 atom stereocenters. The lowest BCUT2D eigenvalue weighted by molar-refractivity contribution is -0.142. The Morgan fingerprint density at radius 1 is 0.909 bits per heavy atom. The van der Waals surface area contributed by atoms with Crippen LogP contribution in [0.5, 0.6) is 11.5 Å². The Bertz CT molecular complexity index is 1050. The van der Waals surface area contributed by atoms with Gasteiger partial charge in [-0.15, -0.1) is 0 Å². The van der Waals surface area contributed by atoms with Gasteiger partial charge in [0, 0.05) is 20.0 Å². The van der Waals surface area contributed by atoms with Gasteiger partial charge in [0.25, 0.3) is 5.91 Å². The van der Waals surface area contributed by atoms with E-state index in [1.54, 1.807) is 43.3 Å². The lowest BCUT2D eigenvalue weighted by Gasteiger charge is -2.31. The molecule has 172 valence electrons. The number of nitrogens with zero attached hydrogens (tertiary/aromatic N) is 1. The molecule has 0 saturated carbocycles. The normalized spacial score (nSPS) is 11.4. The monoisotopic (exact) mass is 446 g/mol. The molecule has 0 unspecified atom stereocenters. The van der Waals surface area contributed by atoms with E-state index < -0.39 is 6.04 Å². The van der Waals surface area contributed by atoms with Gasteiger partial charge in [0.05, 0.1) is 7.11 Å². The van der Waals surface area contributed by atoms with E-state index in [0.717, 1.165) is 16.7 Å². The molecular weight excluding hydrogens is 416 g/mol. The first-order valence-electron chi connectivity index (χ1n) is 10.9. The van der Waals surface area contributed by atoms with E-state index in [2.05, 4.69) is 5.32 Å². The Hall–Kier alpha value is -3.80. The van der Waals surface area contributed by atoms with Crippen molar-refractivity contribution in [2.45, 2.75) is 25.9 Å². The molecule has 6 nitrogen and oxygen atoms in total. The van der Waals surface area contributed by atoms with Crippen molar-refractivity contribution >= 4 is 11.8 Å². The Kier molecular flexibility index (Phi) is 8.47. The molecule has 33 heavy (non-hydrogen) atoms. The van der Waals surface area contributed by atoms with Gasteiger partial charge in [0.15, 0.2) is 6.61 Å². The van der Waals surface area contributed by atoms with Gasteiger partial charge in [-0.25, -0.2) is 0 Å². The smallest absolute Gasteiger partial charge is 0.261 e. The van der Waals surface area contributed by atoms with Crippen LogP contribution >= 0.6 is 0 Å². The van der Waals surface area contributed by atoms with E-state index in [9.17, 15) is 9.59 Å². The predicted molar refractivity (Wildman–Crippen MR) is 128 cm³/mol. The van der Waals surface area contributed by atoms with Crippen molar-refractivity contribution in [1.82, 2.24) is 10.2 Å². The topological polar surface area (TPSA) is 67.9 Å². The van der Waals surface area contributed by atoms with E-state index in [0.29, 0.717) is 24.5 Å². The number of ether oxygens (including phenoxy) is 2. The van der Waals surface area contributed by atoms with Crippen LogP contribution in [0.3, 0.4) is 0 Å². The summed E-state index contributed by atoms with van der Waals surface area (Å²) in [6.07, 6.45) is 0.403. The Morgan fingerprint density at radius 2 is 1.55 bits per heavy atom. The standard InChI is InChI=1S/C27H30N2O4/c1-20-9-7-8-12-22(20)18-29(25(27(31)28-2)17-21-10-5-4-6-11-21)26(30)19-33-24-15-13-23(32-3)14-16-24/h4-16,25H,17-19H2,1-3H3,(H,28,31)/t25-/m1/s1. The lowest BCUT2D eigenvalue weighted by atomic mass is 10.0. The summed E-state index contributed by atoms with van der Waals surface area (Å²) in [4.78, 5) is 27.9. The molecule has 3 rings (SSSR count). The molecule has 0 radical (unpaired) electrons. The molecule has 0 heterocycles. The highest BCUT2D eigenvalue weighted by molar-refractivity contribution is 5.88. The number of aryl methyl sites for hydroxylation is 1. The molecule has 0 saturated heterocycles. The van der Waals surface area contributed by atoms with Gasteiger partial charge >= 0.3 is 0 Å². The maximum absolute atomic E-state index is 13.4. The number of benzene rings is 3. The summed E-state index contributed by atoms with van der Waals surface area (Å²) in [7, 11) is 3.18. The number of nitrogens with one attached hydrogen (secondary N) is 1. The van der Waals surface area contributed by atoms with Crippen LogP contribution in [0.15, 0.2) is 78.9 Å². The highest BCUT2D eigenvalue weighted by Gasteiger charge is 2.30. The highest BCUT2D eigenvalue weighted by atomic mass is 16.5. The first-order chi connectivity index (χ1) is 16.0. The van der Waals surface area contributed by atoms with Gasteiger partial charge in [0.2, 0.25) is 5.91 Å². The van der Waals surface area contributed by atoms with Crippen molar-refractivity contribution in [3.8, 4) is 11.5 Å². The first kappa shape index (κ1) is 23.9. The largest absolute Gasteiger partial charge is 0.497 e. The Morgan fingerprint density at radius 3 is 2.18 bits per heavy atom. The number of likely N-dealkylation sites (N-methyl/N-ethyl adjacent to an activating group) is 1. The molecule has 0 aliphatic carbocycles. The van der Waals surface area contributed by atoms with Crippen LogP contribution in [0.1, 0.15) is 16.7 Å². The van der Waals surface area contributed by atoms with Gasteiger partial charge in [-0.3, -0.25) is 9.59 Å². The third kappa shape index (κ3) is 6.59. The average molecular weight is 447 g/mol. The number of rotatable bonds is 10. The van der Waals surface area contributed by atoms with Crippen molar-refractivity contribution in [2.24, 2.45) is 0 Å². The van der Waals surface area contributed by atoms with Crippen LogP contribution in [0.2, 0.25) is 0 Å². The second-order valence-electron chi connectivity index (χ2n) is 7.73. The SMILES string of the molecule is CNC(=O)[C@@H](Cc1ccccc1)N(Cc1ccccc1C)C(=O)COc1ccc(OC)cc1. The van der Waals surface area contributed by atoms with Crippen molar-refractivity contribution in [3.63, 3.8) is 0 Å². The van der Waals surface area contributed by atoms with Gasteiger partial charge in [0.1, 0.15) is 17.5 Å². The average Bonchev–Trinajstić information content (AvgIpc) is 2.86. The molecule has 1 N–H and O–H groups in total. The molecule has 2 amide bonds. The highest BCUT2D eigenvalue weighted by Crippen LogP contribution is 2.19. The number of methoxy groups -OCH3 is 1. The fourth-order valence-electron chi connectivity index (χ4n) is 3.59. The quantitative estimate of drug-likeness (QED) is 0.515. The van der Waals surface area contributed by atoms with Crippen molar-refractivity contribution in [1.29, 1.82) is 0 Å². The number of amides is 2. The number of carbonyl (C=O) groups excluding carboxylic acids is 2. The van der Waals surface area contributed by atoms with Crippen LogP contribution in [0.25, 0.3) is 0 Å². The molecule has 0 bridgehead atoms. The summed E-state index contributed by atoms with van der Waals surface area (Å²) in [6, 6.07) is 23.9. The maximum Gasteiger partial charge on any atom is 0.261 e. The van der Waals surface area contributed by atoms with Crippen LogP contribution < -0.4 is 14.8 Å². The zero-order valence-corrected chi connectivity index (χ0v) is 19.3. The van der Waals surface area contributed by atoms with E-state index in [4.69, 9.17) is 9.47 Å². The molecule has 0 spiro atoms. The van der Waals surface area contributed by atoms with Gasteiger partial charge in [-0.1, -0.05) is 54.6 Å². The number of hydrogen-bond acceptors (Lipinski definition) is 4. The molecule has 3 aromatic carbocycles. The molecule has 6 heteroatoms. The van der Waals surface area contributed by atoms with E-state index in [1.165, 1.54) is 0 Å². The zero-order valence-electron chi connectivity index (χ0n) is 19.3. The van der Waals surface area contributed by atoms with Crippen molar-refractivity contribution < 1.29 is 19.1 Å². The Balaban J connectivity index is 1.86. The van der Waals surface area contributed by atoms with E-state index in [1.807, 2.05) is 61.5 Å². The van der Waals surface area contributed by atoms with Gasteiger partial charge < -0.3 is 19.7 Å². The summed E-state index contributed by atoms with van der Waals surface area (Å²) < 4.78 is 10.9. The number of hydrogen-bond donors (Lipinski definition) is 1. The Labute approximate surface area is 195 Å². The van der Waals surface area contributed by atoms with Gasteiger partial charge in [-0.2, -0.15) is 0 Å². The minimum Gasteiger partial charge on any atom is -0.497 e. The second kappa shape index (κ2) is 11.7. The predicted octanol–water partition coefficient (Wildman–Crippen LogP) is 3.77. The van der Waals surface area contributed by atoms with E-state index in [-0.39, 0.29) is 18.4 Å². The molecule has 0 aromatic heterocycles. The van der Waals surface area contributed by atoms with Crippen LogP contribution in [0, 0.1) is 6.92 Å². The first-order valence-corrected chi connectivity index (χ1v) is 10.9. The van der Waals surface area contributed by atoms with Crippen LogP contribution in [-0.2, 0) is 22.6 Å². The third-order valence-corrected chi connectivity index (χ3v) is 5.54. The molecule has 0 aliphatic rings. The maximum atomic E-state index is 13.4. The number of carbonyl (C=O) groups is 2. The van der Waals surface area contributed by atoms with E-state index >= 15 is 0 Å². The minimum absolute atomic E-state index is 0.180. The summed E-state index contributed by atoms with van der Waals surface area (Å²) in [5.41, 5.74) is 3.02. The van der Waals surface area contributed by atoms with Crippen molar-refractivity contribution in [3.05, 3.63) is 95.6 Å². The minimum atomic E-state index is -0.677. The summed E-state index contributed by atoms with van der Waals surface area (Å²) >= 11 is 0. The summed E-state index contributed by atoms with van der Waals surface area (Å²) in [5.74, 6) is 0.778. The zero-order chi connectivity index (χ0) is 23.6. The van der Waals surface area contributed by atoms with Crippen molar-refractivity contribution in [2.75, 3.05) is 20.8 Å². The lowest BCUT2D eigenvalue weighted by Crippen LogP contribution is -2.51. The second-order valence-corrected chi connectivity index (χ2v) is 7.73. The van der Waals surface area contributed by atoms with Gasteiger partial charge in [-0.05, 0) is 47.9 Å².